The predicted molar refractivity (Wildman–Crippen MR) is 109 cm³/mol. The van der Waals surface area contributed by atoms with Crippen molar-refractivity contribution >= 4 is 22.9 Å². The van der Waals surface area contributed by atoms with E-state index in [1.807, 2.05) is 67.8 Å². The van der Waals surface area contributed by atoms with Crippen molar-refractivity contribution < 1.29 is 14.3 Å². The molecule has 0 aliphatic carbocycles. The Kier molecular flexibility index (Phi) is 6.63. The Morgan fingerprint density at radius 3 is 2.67 bits per heavy atom. The highest BCUT2D eigenvalue weighted by molar-refractivity contribution is 7.09. The SMILES string of the molecule is CC(C)OCc1cccc(NC(=O)c2cccc(OCc3cccs3)c2)c1. The van der Waals surface area contributed by atoms with E-state index >= 15 is 0 Å². The quantitative estimate of drug-likeness (QED) is 0.560. The van der Waals surface area contributed by atoms with Gasteiger partial charge in [0, 0.05) is 16.1 Å². The monoisotopic (exact) mass is 381 g/mol. The van der Waals surface area contributed by atoms with Crippen LogP contribution in [0.2, 0.25) is 0 Å². The Morgan fingerprint density at radius 1 is 1.04 bits per heavy atom. The van der Waals surface area contributed by atoms with Crippen LogP contribution in [0.5, 0.6) is 5.75 Å². The summed E-state index contributed by atoms with van der Waals surface area (Å²) >= 11 is 1.65. The first-order valence-electron chi connectivity index (χ1n) is 8.87. The summed E-state index contributed by atoms with van der Waals surface area (Å²) in [6.45, 7) is 5.02. The second kappa shape index (κ2) is 9.35. The summed E-state index contributed by atoms with van der Waals surface area (Å²) in [6.07, 6.45) is 0.167. The number of benzene rings is 2. The zero-order valence-electron chi connectivity index (χ0n) is 15.5. The van der Waals surface area contributed by atoms with Gasteiger partial charge < -0.3 is 14.8 Å². The molecule has 5 heteroatoms. The van der Waals surface area contributed by atoms with Crippen LogP contribution in [0.4, 0.5) is 5.69 Å². The van der Waals surface area contributed by atoms with Crippen molar-refractivity contribution in [2.75, 3.05) is 5.32 Å². The van der Waals surface area contributed by atoms with E-state index in [0.29, 0.717) is 24.5 Å². The smallest absolute Gasteiger partial charge is 0.255 e. The number of nitrogens with one attached hydrogen (secondary N) is 1. The number of rotatable bonds is 8. The average Bonchev–Trinajstić information content (AvgIpc) is 3.19. The first kappa shape index (κ1) is 19.1. The number of ether oxygens (including phenoxy) is 2. The Hall–Kier alpha value is -2.63. The number of hydrogen-bond acceptors (Lipinski definition) is 4. The van der Waals surface area contributed by atoms with E-state index in [1.54, 1.807) is 23.5 Å². The topological polar surface area (TPSA) is 47.6 Å². The van der Waals surface area contributed by atoms with Gasteiger partial charge in [-0.05, 0) is 61.2 Å². The molecule has 3 aromatic rings. The summed E-state index contributed by atoms with van der Waals surface area (Å²) in [6, 6.07) is 18.9. The third-order valence-electron chi connectivity index (χ3n) is 3.83. The number of anilines is 1. The number of amides is 1. The molecule has 1 aromatic heterocycles. The number of thiophene rings is 1. The van der Waals surface area contributed by atoms with Crippen molar-refractivity contribution in [2.24, 2.45) is 0 Å². The lowest BCUT2D eigenvalue weighted by molar-refractivity contribution is 0.0657. The summed E-state index contributed by atoms with van der Waals surface area (Å²) in [7, 11) is 0. The molecule has 3 rings (SSSR count). The molecular weight excluding hydrogens is 358 g/mol. The Balaban J connectivity index is 1.62. The molecule has 0 saturated carbocycles. The van der Waals surface area contributed by atoms with Crippen molar-refractivity contribution in [1.82, 2.24) is 0 Å². The van der Waals surface area contributed by atoms with Crippen molar-refractivity contribution in [2.45, 2.75) is 33.2 Å². The highest BCUT2D eigenvalue weighted by Crippen LogP contribution is 2.19. The molecule has 140 valence electrons. The molecule has 0 radical (unpaired) electrons. The molecule has 1 amide bonds. The van der Waals surface area contributed by atoms with E-state index in [9.17, 15) is 4.79 Å². The average molecular weight is 381 g/mol. The molecule has 1 heterocycles. The van der Waals surface area contributed by atoms with Gasteiger partial charge in [-0.15, -0.1) is 11.3 Å². The molecule has 2 aromatic carbocycles. The first-order valence-corrected chi connectivity index (χ1v) is 9.75. The van der Waals surface area contributed by atoms with Crippen LogP contribution in [0.3, 0.4) is 0 Å². The Morgan fingerprint density at radius 2 is 1.89 bits per heavy atom. The summed E-state index contributed by atoms with van der Waals surface area (Å²) in [4.78, 5) is 13.7. The third kappa shape index (κ3) is 5.94. The van der Waals surface area contributed by atoms with Gasteiger partial charge in [0.05, 0.1) is 12.7 Å². The van der Waals surface area contributed by atoms with E-state index in [0.717, 1.165) is 16.1 Å². The minimum absolute atomic E-state index is 0.167. The van der Waals surface area contributed by atoms with E-state index in [-0.39, 0.29) is 12.0 Å². The normalized spacial score (nSPS) is 10.8. The molecule has 0 saturated heterocycles. The summed E-state index contributed by atoms with van der Waals surface area (Å²) < 4.78 is 11.4. The van der Waals surface area contributed by atoms with E-state index in [4.69, 9.17) is 9.47 Å². The maximum Gasteiger partial charge on any atom is 0.255 e. The van der Waals surface area contributed by atoms with E-state index in [2.05, 4.69) is 5.32 Å². The maximum atomic E-state index is 12.6. The lowest BCUT2D eigenvalue weighted by Crippen LogP contribution is -2.12. The number of carbonyl (C=O) groups is 1. The predicted octanol–water partition coefficient (Wildman–Crippen LogP) is 5.50. The van der Waals surface area contributed by atoms with E-state index < -0.39 is 0 Å². The standard InChI is InChI=1S/C22H23NO3S/c1-16(2)25-14-17-6-3-8-19(12-17)23-22(24)18-7-4-9-20(13-18)26-15-21-10-5-11-27-21/h3-13,16H,14-15H2,1-2H3,(H,23,24). The number of hydrogen-bond donors (Lipinski definition) is 1. The molecule has 1 N–H and O–H groups in total. The van der Waals surface area contributed by atoms with Gasteiger partial charge in [-0.2, -0.15) is 0 Å². The van der Waals surface area contributed by atoms with Crippen molar-refractivity contribution in [1.29, 1.82) is 0 Å². The minimum Gasteiger partial charge on any atom is -0.488 e. The van der Waals surface area contributed by atoms with Gasteiger partial charge in [0.25, 0.3) is 5.91 Å². The van der Waals surface area contributed by atoms with Crippen LogP contribution in [0.1, 0.15) is 34.6 Å². The van der Waals surface area contributed by atoms with Gasteiger partial charge in [0.2, 0.25) is 0 Å². The van der Waals surface area contributed by atoms with Crippen LogP contribution in [-0.2, 0) is 18.0 Å². The highest BCUT2D eigenvalue weighted by Gasteiger charge is 2.08. The largest absolute Gasteiger partial charge is 0.488 e. The molecule has 0 aliphatic heterocycles. The van der Waals surface area contributed by atoms with Gasteiger partial charge in [-0.1, -0.05) is 24.3 Å². The van der Waals surface area contributed by atoms with Gasteiger partial charge in [-0.3, -0.25) is 4.79 Å². The molecule has 0 spiro atoms. The molecule has 0 bridgehead atoms. The Bertz CT molecular complexity index is 875. The minimum atomic E-state index is -0.168. The van der Waals surface area contributed by atoms with Gasteiger partial charge in [-0.25, -0.2) is 0 Å². The molecular formula is C22H23NO3S. The van der Waals surface area contributed by atoms with Crippen molar-refractivity contribution in [3.63, 3.8) is 0 Å². The van der Waals surface area contributed by atoms with Crippen LogP contribution in [0, 0.1) is 0 Å². The lowest BCUT2D eigenvalue weighted by atomic mass is 10.1. The molecule has 0 fully saturated rings. The molecule has 4 nitrogen and oxygen atoms in total. The summed E-state index contributed by atoms with van der Waals surface area (Å²) in [5.41, 5.74) is 2.33. The maximum absolute atomic E-state index is 12.6. The van der Waals surface area contributed by atoms with Crippen LogP contribution in [-0.4, -0.2) is 12.0 Å². The van der Waals surface area contributed by atoms with Crippen molar-refractivity contribution in [3.05, 3.63) is 82.0 Å². The summed E-state index contributed by atoms with van der Waals surface area (Å²) in [5, 5.41) is 4.95. The zero-order chi connectivity index (χ0) is 19.1. The van der Waals surface area contributed by atoms with E-state index in [1.165, 1.54) is 0 Å². The Labute approximate surface area is 163 Å². The lowest BCUT2D eigenvalue weighted by Gasteiger charge is -2.11. The second-order valence-corrected chi connectivity index (χ2v) is 7.44. The molecule has 0 aliphatic rings. The van der Waals surface area contributed by atoms with Crippen LogP contribution >= 0.6 is 11.3 Å². The van der Waals surface area contributed by atoms with Gasteiger partial charge >= 0.3 is 0 Å². The molecule has 27 heavy (non-hydrogen) atoms. The third-order valence-corrected chi connectivity index (χ3v) is 4.68. The molecule has 0 atom stereocenters. The number of carbonyl (C=O) groups excluding carboxylic acids is 1. The highest BCUT2D eigenvalue weighted by atomic mass is 32.1. The van der Waals surface area contributed by atoms with Gasteiger partial charge in [0.15, 0.2) is 0 Å². The fraction of sp³-hybridized carbons (Fsp3) is 0.227. The zero-order valence-corrected chi connectivity index (χ0v) is 16.3. The first-order chi connectivity index (χ1) is 13.1. The second-order valence-electron chi connectivity index (χ2n) is 6.41. The van der Waals surface area contributed by atoms with Crippen LogP contribution < -0.4 is 10.1 Å². The fourth-order valence-electron chi connectivity index (χ4n) is 2.48. The van der Waals surface area contributed by atoms with Crippen LogP contribution in [0.25, 0.3) is 0 Å². The fourth-order valence-corrected chi connectivity index (χ4v) is 3.10. The van der Waals surface area contributed by atoms with Crippen LogP contribution in [0.15, 0.2) is 66.0 Å². The molecule has 0 unspecified atom stereocenters. The van der Waals surface area contributed by atoms with Crippen molar-refractivity contribution in [3.8, 4) is 5.75 Å². The van der Waals surface area contributed by atoms with Gasteiger partial charge in [0.1, 0.15) is 12.4 Å². The summed E-state index contributed by atoms with van der Waals surface area (Å²) in [5.74, 6) is 0.508.